The van der Waals surface area contributed by atoms with Gasteiger partial charge in [0, 0.05) is 36.2 Å². The Hall–Kier alpha value is -3.15. The van der Waals surface area contributed by atoms with E-state index >= 15 is 0 Å². The van der Waals surface area contributed by atoms with E-state index in [-0.39, 0.29) is 17.7 Å². The summed E-state index contributed by atoms with van der Waals surface area (Å²) in [5.41, 5.74) is 2.89. The quantitative estimate of drug-likeness (QED) is 0.552. The van der Waals surface area contributed by atoms with Gasteiger partial charge in [0.15, 0.2) is 5.58 Å². The smallest absolute Gasteiger partial charge is 0.253 e. The molecule has 0 spiro atoms. The van der Waals surface area contributed by atoms with E-state index in [9.17, 15) is 9.59 Å². The molecule has 1 aromatic heterocycles. The Bertz CT molecular complexity index is 1140. The van der Waals surface area contributed by atoms with Gasteiger partial charge in [-0.25, -0.2) is 4.98 Å². The Morgan fingerprint density at radius 3 is 2.47 bits per heavy atom. The first-order valence-corrected chi connectivity index (χ1v) is 12.6. The van der Waals surface area contributed by atoms with E-state index < -0.39 is 0 Å². The number of oxazole rings is 1. The Morgan fingerprint density at radius 1 is 1.00 bits per heavy atom. The van der Waals surface area contributed by atoms with Gasteiger partial charge in [-0.1, -0.05) is 44.4 Å². The number of amides is 2. The Balaban J connectivity index is 1.19. The van der Waals surface area contributed by atoms with E-state index in [1.54, 1.807) is 6.07 Å². The van der Waals surface area contributed by atoms with Crippen molar-refractivity contribution in [2.45, 2.75) is 57.9 Å². The van der Waals surface area contributed by atoms with Gasteiger partial charge in [-0.2, -0.15) is 0 Å². The number of nitrogens with one attached hydrogen (secondary N) is 1. The van der Waals surface area contributed by atoms with E-state index in [2.05, 4.69) is 10.3 Å². The zero-order chi connectivity index (χ0) is 23.5. The summed E-state index contributed by atoms with van der Waals surface area (Å²) in [5.74, 6) is 1.06. The number of aromatic nitrogens is 1. The predicted octanol–water partition coefficient (Wildman–Crippen LogP) is 5.43. The van der Waals surface area contributed by atoms with Crippen LogP contribution in [0.25, 0.3) is 22.6 Å². The van der Waals surface area contributed by atoms with Gasteiger partial charge in [-0.3, -0.25) is 9.59 Å². The fraction of sp³-hybridized carbons (Fsp3) is 0.464. The number of fused-ring (bicyclic) bond motifs is 1. The second kappa shape index (κ2) is 10.00. The molecular formula is C28H33N3O3. The molecule has 0 unspecified atom stereocenters. The molecule has 34 heavy (non-hydrogen) atoms. The van der Waals surface area contributed by atoms with Crippen LogP contribution in [0.3, 0.4) is 0 Å². The summed E-state index contributed by atoms with van der Waals surface area (Å²) in [6.07, 6.45) is 7.63. The van der Waals surface area contributed by atoms with Gasteiger partial charge >= 0.3 is 0 Å². The first-order valence-electron chi connectivity index (χ1n) is 12.6. The first kappa shape index (κ1) is 22.6. The molecule has 0 radical (unpaired) electrons. The van der Waals surface area contributed by atoms with Crippen molar-refractivity contribution in [3.8, 4) is 11.5 Å². The third kappa shape index (κ3) is 4.86. The number of carbonyl (C=O) groups is 2. The summed E-state index contributed by atoms with van der Waals surface area (Å²) in [5, 5.41) is 3.27. The summed E-state index contributed by atoms with van der Waals surface area (Å²) >= 11 is 0. The monoisotopic (exact) mass is 459 g/mol. The average Bonchev–Trinajstić information content (AvgIpc) is 3.32. The molecule has 0 bridgehead atoms. The highest BCUT2D eigenvalue weighted by Crippen LogP contribution is 2.29. The molecule has 1 N–H and O–H groups in total. The zero-order valence-corrected chi connectivity index (χ0v) is 19.8. The summed E-state index contributed by atoms with van der Waals surface area (Å²) in [6.45, 7) is 3.39. The minimum absolute atomic E-state index is 0.0114. The number of piperidine rings is 1. The molecule has 2 aromatic carbocycles. The molecule has 3 aromatic rings. The van der Waals surface area contributed by atoms with Crippen molar-refractivity contribution in [1.29, 1.82) is 0 Å². The largest absolute Gasteiger partial charge is 0.436 e. The van der Waals surface area contributed by atoms with Crippen molar-refractivity contribution >= 4 is 22.9 Å². The lowest BCUT2D eigenvalue weighted by Gasteiger charge is -2.35. The number of benzene rings is 2. The number of rotatable bonds is 5. The van der Waals surface area contributed by atoms with E-state index in [0.717, 1.165) is 36.8 Å². The summed E-state index contributed by atoms with van der Waals surface area (Å²) in [6, 6.07) is 15.6. The van der Waals surface area contributed by atoms with Crippen LogP contribution in [0.4, 0.5) is 0 Å². The lowest BCUT2D eigenvalue weighted by Crippen LogP contribution is -2.45. The van der Waals surface area contributed by atoms with Crippen LogP contribution >= 0.6 is 0 Å². The van der Waals surface area contributed by atoms with Crippen LogP contribution in [0, 0.1) is 11.8 Å². The lowest BCUT2D eigenvalue weighted by molar-refractivity contribution is -0.127. The van der Waals surface area contributed by atoms with Gasteiger partial charge in [0.1, 0.15) is 5.52 Å². The highest BCUT2D eigenvalue weighted by atomic mass is 16.3. The number of hydrogen-bond donors (Lipinski definition) is 1. The Labute approximate surface area is 200 Å². The number of carbonyl (C=O) groups excluding carboxylic acids is 2. The van der Waals surface area contributed by atoms with Crippen molar-refractivity contribution < 1.29 is 14.0 Å². The van der Waals surface area contributed by atoms with Crippen molar-refractivity contribution in [2.24, 2.45) is 11.8 Å². The Morgan fingerprint density at radius 2 is 1.74 bits per heavy atom. The van der Waals surface area contributed by atoms with Crippen molar-refractivity contribution in [1.82, 2.24) is 15.2 Å². The minimum Gasteiger partial charge on any atom is -0.436 e. The minimum atomic E-state index is -0.0128. The van der Waals surface area contributed by atoms with E-state index in [1.165, 1.54) is 19.3 Å². The van der Waals surface area contributed by atoms with Gasteiger partial charge in [-0.15, -0.1) is 0 Å². The molecule has 1 saturated carbocycles. The maximum Gasteiger partial charge on any atom is 0.253 e. The van der Waals surface area contributed by atoms with Gasteiger partial charge < -0.3 is 14.6 Å². The van der Waals surface area contributed by atoms with Crippen LogP contribution in [-0.4, -0.2) is 40.8 Å². The maximum absolute atomic E-state index is 13.2. The van der Waals surface area contributed by atoms with Crippen molar-refractivity contribution in [3.63, 3.8) is 0 Å². The molecule has 5 rings (SSSR count). The van der Waals surface area contributed by atoms with Crippen LogP contribution in [-0.2, 0) is 4.79 Å². The number of likely N-dealkylation sites (tertiary alicyclic amines) is 1. The third-order valence-electron chi connectivity index (χ3n) is 7.56. The van der Waals surface area contributed by atoms with Gasteiger partial charge in [0.25, 0.3) is 5.91 Å². The summed E-state index contributed by atoms with van der Waals surface area (Å²) < 4.78 is 5.94. The van der Waals surface area contributed by atoms with E-state index in [0.29, 0.717) is 42.1 Å². The van der Waals surface area contributed by atoms with Crippen LogP contribution in [0.1, 0.15) is 62.2 Å². The van der Waals surface area contributed by atoms with Crippen molar-refractivity contribution in [2.75, 3.05) is 13.1 Å². The van der Waals surface area contributed by atoms with Crippen LogP contribution < -0.4 is 5.32 Å². The fourth-order valence-electron chi connectivity index (χ4n) is 5.34. The van der Waals surface area contributed by atoms with Gasteiger partial charge in [0.2, 0.25) is 11.8 Å². The normalized spacial score (nSPS) is 18.7. The van der Waals surface area contributed by atoms with Gasteiger partial charge in [0.05, 0.1) is 0 Å². The molecule has 2 fully saturated rings. The first-order chi connectivity index (χ1) is 16.6. The second-order valence-electron chi connectivity index (χ2n) is 9.83. The Kier molecular flexibility index (Phi) is 6.66. The lowest BCUT2D eigenvalue weighted by atomic mass is 9.84. The summed E-state index contributed by atoms with van der Waals surface area (Å²) in [4.78, 5) is 32.4. The fourth-order valence-corrected chi connectivity index (χ4v) is 5.34. The molecule has 1 aliphatic heterocycles. The highest BCUT2D eigenvalue weighted by molar-refractivity contribution is 5.97. The molecule has 1 aliphatic carbocycles. The standard InChI is InChI=1S/C28H33N3O3/c1-19(26(32)29-23-10-6-3-7-11-23)20-14-16-31(17-15-20)28(33)22-12-13-24-25(18-22)34-27(30-24)21-8-4-2-5-9-21/h2,4-5,8-9,12-13,18-20,23H,3,6-7,10-11,14-17H2,1H3,(H,29,32)/t19-/m1/s1. The molecule has 1 saturated heterocycles. The van der Waals surface area contributed by atoms with Crippen LogP contribution in [0.15, 0.2) is 52.9 Å². The molecular weight excluding hydrogens is 426 g/mol. The maximum atomic E-state index is 13.2. The third-order valence-corrected chi connectivity index (χ3v) is 7.56. The van der Waals surface area contributed by atoms with Crippen LogP contribution in [0.5, 0.6) is 0 Å². The van der Waals surface area contributed by atoms with Gasteiger partial charge in [-0.05, 0) is 61.9 Å². The number of nitrogens with zero attached hydrogens (tertiary/aromatic N) is 2. The number of hydrogen-bond acceptors (Lipinski definition) is 4. The zero-order valence-electron chi connectivity index (χ0n) is 19.8. The predicted molar refractivity (Wildman–Crippen MR) is 132 cm³/mol. The molecule has 2 amide bonds. The van der Waals surface area contributed by atoms with E-state index in [4.69, 9.17) is 4.42 Å². The molecule has 2 aliphatic rings. The molecule has 1 atom stereocenters. The molecule has 2 heterocycles. The molecule has 6 heteroatoms. The SMILES string of the molecule is C[C@@H](C(=O)NC1CCCCC1)C1CCN(C(=O)c2ccc3nc(-c4ccccc4)oc3c2)CC1. The molecule has 6 nitrogen and oxygen atoms in total. The van der Waals surface area contributed by atoms with Crippen molar-refractivity contribution in [3.05, 3.63) is 54.1 Å². The topological polar surface area (TPSA) is 75.4 Å². The second-order valence-corrected chi connectivity index (χ2v) is 9.83. The van der Waals surface area contributed by atoms with E-state index in [1.807, 2.05) is 54.3 Å². The summed E-state index contributed by atoms with van der Waals surface area (Å²) in [7, 11) is 0. The highest BCUT2D eigenvalue weighted by Gasteiger charge is 2.31. The average molecular weight is 460 g/mol. The molecule has 178 valence electrons. The van der Waals surface area contributed by atoms with Crippen LogP contribution in [0.2, 0.25) is 0 Å².